The summed E-state index contributed by atoms with van der Waals surface area (Å²) in [7, 11) is 0. The molecule has 0 aliphatic carbocycles. The highest BCUT2D eigenvalue weighted by molar-refractivity contribution is 6.31. The normalized spacial score (nSPS) is 12.4. The molecule has 0 saturated carbocycles. The van der Waals surface area contributed by atoms with Crippen LogP contribution in [0.15, 0.2) is 18.2 Å². The summed E-state index contributed by atoms with van der Waals surface area (Å²) in [5.74, 6) is -1.09. The summed E-state index contributed by atoms with van der Waals surface area (Å²) in [6.45, 7) is 6.96. The lowest BCUT2D eigenvalue weighted by molar-refractivity contribution is -0.145. The van der Waals surface area contributed by atoms with Gasteiger partial charge in [0.2, 0.25) is 0 Å². The molecule has 5 nitrogen and oxygen atoms in total. The van der Waals surface area contributed by atoms with E-state index in [9.17, 15) is 14.0 Å². The fraction of sp³-hybridized carbons (Fsp3) is 0.500. The molecule has 1 aromatic rings. The van der Waals surface area contributed by atoms with Gasteiger partial charge < -0.3 is 14.8 Å². The molecule has 7 heteroatoms. The van der Waals surface area contributed by atoms with E-state index < -0.39 is 29.5 Å². The SMILES string of the molecule is CCOC(=O)C(Cc1ccc(F)cc1Cl)NC(=O)OC(C)(C)C. The van der Waals surface area contributed by atoms with Crippen molar-refractivity contribution in [3.05, 3.63) is 34.6 Å². The summed E-state index contributed by atoms with van der Waals surface area (Å²) in [5.41, 5.74) is -0.182. The van der Waals surface area contributed by atoms with E-state index in [0.717, 1.165) is 6.07 Å². The second-order valence-corrected chi connectivity index (χ2v) is 6.30. The van der Waals surface area contributed by atoms with Crippen molar-refractivity contribution in [1.82, 2.24) is 5.32 Å². The maximum Gasteiger partial charge on any atom is 0.408 e. The summed E-state index contributed by atoms with van der Waals surface area (Å²) in [6, 6.07) is 2.86. The molecule has 0 heterocycles. The van der Waals surface area contributed by atoms with E-state index in [4.69, 9.17) is 21.1 Å². The quantitative estimate of drug-likeness (QED) is 0.830. The number of amides is 1. The molecular weight excluding hydrogens is 325 g/mol. The van der Waals surface area contributed by atoms with Crippen molar-refractivity contribution in [2.75, 3.05) is 6.61 Å². The van der Waals surface area contributed by atoms with E-state index in [2.05, 4.69) is 5.32 Å². The fourth-order valence-electron chi connectivity index (χ4n) is 1.79. The van der Waals surface area contributed by atoms with Crippen molar-refractivity contribution in [2.24, 2.45) is 0 Å². The number of halogens is 2. The number of rotatable bonds is 5. The summed E-state index contributed by atoms with van der Waals surface area (Å²) in [6.07, 6.45) is -0.675. The van der Waals surface area contributed by atoms with Crippen molar-refractivity contribution < 1.29 is 23.5 Å². The Morgan fingerprint density at radius 3 is 2.52 bits per heavy atom. The first-order chi connectivity index (χ1) is 10.6. The van der Waals surface area contributed by atoms with Gasteiger partial charge in [0.15, 0.2) is 0 Å². The molecule has 1 atom stereocenters. The Hall–Kier alpha value is -1.82. The molecule has 0 aromatic heterocycles. The molecule has 0 aliphatic heterocycles. The Bertz CT molecular complexity index is 572. The largest absolute Gasteiger partial charge is 0.464 e. The molecule has 0 aliphatic rings. The van der Waals surface area contributed by atoms with Crippen LogP contribution in [0.1, 0.15) is 33.3 Å². The molecule has 0 spiro atoms. The molecule has 1 amide bonds. The number of alkyl carbamates (subject to hydrolysis) is 1. The molecule has 1 unspecified atom stereocenters. The standard InChI is InChI=1S/C16H21ClFNO4/c1-5-22-14(20)13(19-15(21)23-16(2,3)4)8-10-6-7-11(18)9-12(10)17/h6-7,9,13H,5,8H2,1-4H3,(H,19,21). The number of ether oxygens (including phenoxy) is 2. The number of hydrogen-bond donors (Lipinski definition) is 1. The Labute approximate surface area is 140 Å². The highest BCUT2D eigenvalue weighted by atomic mass is 35.5. The van der Waals surface area contributed by atoms with Crippen LogP contribution >= 0.6 is 11.6 Å². The molecule has 128 valence electrons. The van der Waals surface area contributed by atoms with Crippen LogP contribution in [-0.2, 0) is 20.7 Å². The third kappa shape index (κ3) is 6.86. The lowest BCUT2D eigenvalue weighted by Gasteiger charge is -2.23. The van der Waals surface area contributed by atoms with Gasteiger partial charge in [-0.15, -0.1) is 0 Å². The summed E-state index contributed by atoms with van der Waals surface area (Å²) < 4.78 is 23.2. The third-order valence-corrected chi connectivity index (χ3v) is 3.05. The maximum absolute atomic E-state index is 13.1. The molecule has 1 rings (SSSR count). The zero-order valence-corrected chi connectivity index (χ0v) is 14.4. The van der Waals surface area contributed by atoms with Gasteiger partial charge in [0.25, 0.3) is 0 Å². The van der Waals surface area contributed by atoms with E-state index in [-0.39, 0.29) is 18.1 Å². The summed E-state index contributed by atoms with van der Waals surface area (Å²) in [4.78, 5) is 23.9. The van der Waals surface area contributed by atoms with Gasteiger partial charge in [-0.3, -0.25) is 0 Å². The van der Waals surface area contributed by atoms with Crippen LogP contribution in [0.3, 0.4) is 0 Å². The molecule has 1 aromatic carbocycles. The summed E-state index contributed by atoms with van der Waals surface area (Å²) in [5, 5.41) is 2.63. The van der Waals surface area contributed by atoms with Crippen LogP contribution in [0.2, 0.25) is 5.02 Å². The molecular formula is C16H21ClFNO4. The first-order valence-corrected chi connectivity index (χ1v) is 7.60. The van der Waals surface area contributed by atoms with E-state index in [1.807, 2.05) is 0 Å². The lowest BCUT2D eigenvalue weighted by Crippen LogP contribution is -2.45. The second-order valence-electron chi connectivity index (χ2n) is 5.89. The monoisotopic (exact) mass is 345 g/mol. The molecule has 0 radical (unpaired) electrons. The van der Waals surface area contributed by atoms with Crippen LogP contribution < -0.4 is 5.32 Å². The number of benzene rings is 1. The van der Waals surface area contributed by atoms with Crippen LogP contribution in [0.5, 0.6) is 0 Å². The second kappa shape index (κ2) is 8.15. The predicted octanol–water partition coefficient (Wildman–Crippen LogP) is 3.48. The van der Waals surface area contributed by atoms with Crippen LogP contribution in [0.25, 0.3) is 0 Å². The van der Waals surface area contributed by atoms with Gasteiger partial charge in [0.05, 0.1) is 6.61 Å². The van der Waals surface area contributed by atoms with Crippen LogP contribution in [0.4, 0.5) is 9.18 Å². The van der Waals surface area contributed by atoms with Gasteiger partial charge in [0.1, 0.15) is 17.5 Å². The average molecular weight is 346 g/mol. The fourth-order valence-corrected chi connectivity index (χ4v) is 2.04. The number of carbonyl (C=O) groups excluding carboxylic acids is 2. The zero-order chi connectivity index (χ0) is 17.6. The first-order valence-electron chi connectivity index (χ1n) is 7.22. The van der Waals surface area contributed by atoms with E-state index in [1.54, 1.807) is 27.7 Å². The Kier molecular flexibility index (Phi) is 6.81. The first kappa shape index (κ1) is 19.2. The minimum atomic E-state index is -0.979. The maximum atomic E-state index is 13.1. The summed E-state index contributed by atoms with van der Waals surface area (Å²) >= 11 is 5.96. The van der Waals surface area contributed by atoms with Gasteiger partial charge in [-0.25, -0.2) is 14.0 Å². The molecule has 1 N–H and O–H groups in total. The van der Waals surface area contributed by atoms with Gasteiger partial charge in [0, 0.05) is 11.4 Å². The van der Waals surface area contributed by atoms with Crippen molar-refractivity contribution in [1.29, 1.82) is 0 Å². The van der Waals surface area contributed by atoms with Crippen LogP contribution in [-0.4, -0.2) is 30.3 Å². The minimum absolute atomic E-state index is 0.0667. The Morgan fingerprint density at radius 2 is 2.00 bits per heavy atom. The van der Waals surface area contributed by atoms with Crippen molar-refractivity contribution in [3.63, 3.8) is 0 Å². The molecule has 0 fully saturated rings. The van der Waals surface area contributed by atoms with Crippen molar-refractivity contribution in [2.45, 2.75) is 45.8 Å². The Balaban J connectivity index is 2.88. The average Bonchev–Trinajstić information content (AvgIpc) is 2.39. The minimum Gasteiger partial charge on any atom is -0.464 e. The number of carbonyl (C=O) groups is 2. The zero-order valence-electron chi connectivity index (χ0n) is 13.6. The number of hydrogen-bond acceptors (Lipinski definition) is 4. The lowest BCUT2D eigenvalue weighted by atomic mass is 10.1. The van der Waals surface area contributed by atoms with E-state index in [0.29, 0.717) is 5.56 Å². The van der Waals surface area contributed by atoms with Gasteiger partial charge in [-0.05, 0) is 45.4 Å². The van der Waals surface area contributed by atoms with Gasteiger partial charge in [-0.2, -0.15) is 0 Å². The van der Waals surface area contributed by atoms with Crippen molar-refractivity contribution in [3.8, 4) is 0 Å². The van der Waals surface area contributed by atoms with Crippen LogP contribution in [0, 0.1) is 5.82 Å². The molecule has 23 heavy (non-hydrogen) atoms. The third-order valence-electron chi connectivity index (χ3n) is 2.70. The van der Waals surface area contributed by atoms with Gasteiger partial charge in [-0.1, -0.05) is 17.7 Å². The van der Waals surface area contributed by atoms with Crippen molar-refractivity contribution >= 4 is 23.7 Å². The smallest absolute Gasteiger partial charge is 0.408 e. The topological polar surface area (TPSA) is 64.6 Å². The molecule has 0 bridgehead atoms. The van der Waals surface area contributed by atoms with E-state index in [1.165, 1.54) is 12.1 Å². The van der Waals surface area contributed by atoms with Gasteiger partial charge >= 0.3 is 12.1 Å². The van der Waals surface area contributed by atoms with E-state index >= 15 is 0 Å². The highest BCUT2D eigenvalue weighted by Crippen LogP contribution is 2.19. The number of esters is 1. The molecule has 0 saturated heterocycles. The Morgan fingerprint density at radius 1 is 1.35 bits per heavy atom. The highest BCUT2D eigenvalue weighted by Gasteiger charge is 2.26. The predicted molar refractivity (Wildman–Crippen MR) is 84.9 cm³/mol. The number of nitrogens with one attached hydrogen (secondary N) is 1.